The molecule has 0 aromatic rings. The molecule has 2 aliphatic rings. The SMILES string of the molecule is CC(C)(C)CN1CCNC(=O)[C@H]1CC(=O)NC(C)(C)CN1CCCC1. The zero-order valence-corrected chi connectivity index (χ0v) is 16.7. The maximum Gasteiger partial charge on any atom is 0.237 e. The summed E-state index contributed by atoms with van der Waals surface area (Å²) in [6, 6.07) is -0.365. The van der Waals surface area contributed by atoms with E-state index in [1.807, 2.05) is 0 Å². The maximum absolute atomic E-state index is 12.6. The first-order valence-corrected chi connectivity index (χ1v) is 9.61. The first-order valence-electron chi connectivity index (χ1n) is 9.61. The quantitative estimate of drug-likeness (QED) is 0.754. The molecule has 0 aromatic carbocycles. The predicted molar refractivity (Wildman–Crippen MR) is 100 cm³/mol. The summed E-state index contributed by atoms with van der Waals surface area (Å²) >= 11 is 0. The molecular formula is C19H36N4O2. The van der Waals surface area contributed by atoms with E-state index < -0.39 is 0 Å². The van der Waals surface area contributed by atoms with Crippen LogP contribution in [0.4, 0.5) is 0 Å². The second-order valence-electron chi connectivity index (χ2n) is 9.46. The average Bonchev–Trinajstić information content (AvgIpc) is 2.92. The van der Waals surface area contributed by atoms with Crippen molar-refractivity contribution in [2.45, 2.75) is 65.5 Å². The Bertz CT molecular complexity index is 478. The van der Waals surface area contributed by atoms with Crippen LogP contribution in [0.3, 0.4) is 0 Å². The van der Waals surface area contributed by atoms with Gasteiger partial charge in [0.25, 0.3) is 0 Å². The zero-order chi connectivity index (χ0) is 18.7. The minimum absolute atomic E-state index is 0.0250. The van der Waals surface area contributed by atoms with Crippen LogP contribution in [0.2, 0.25) is 0 Å². The number of hydrogen-bond acceptors (Lipinski definition) is 4. The number of likely N-dealkylation sites (tertiary alicyclic amines) is 1. The van der Waals surface area contributed by atoms with Gasteiger partial charge in [0.1, 0.15) is 0 Å². The fraction of sp³-hybridized carbons (Fsp3) is 0.895. The lowest BCUT2D eigenvalue weighted by atomic mass is 9.94. The topological polar surface area (TPSA) is 64.7 Å². The minimum atomic E-state index is -0.365. The molecule has 0 aromatic heterocycles. The van der Waals surface area contributed by atoms with Gasteiger partial charge < -0.3 is 15.5 Å². The number of nitrogens with zero attached hydrogens (tertiary/aromatic N) is 2. The lowest BCUT2D eigenvalue weighted by molar-refractivity contribution is -0.135. The number of carbonyl (C=O) groups is 2. The molecule has 2 heterocycles. The molecule has 6 heteroatoms. The molecule has 0 aliphatic carbocycles. The van der Waals surface area contributed by atoms with E-state index in [1.165, 1.54) is 12.8 Å². The number of rotatable bonds is 6. The third-order valence-electron chi connectivity index (χ3n) is 4.79. The fourth-order valence-corrected chi connectivity index (χ4v) is 3.93. The van der Waals surface area contributed by atoms with Crippen molar-refractivity contribution in [1.29, 1.82) is 0 Å². The minimum Gasteiger partial charge on any atom is -0.353 e. The normalized spacial score (nSPS) is 23.6. The van der Waals surface area contributed by atoms with E-state index in [9.17, 15) is 9.59 Å². The zero-order valence-electron chi connectivity index (χ0n) is 16.7. The first kappa shape index (κ1) is 20.2. The fourth-order valence-electron chi connectivity index (χ4n) is 3.93. The molecule has 25 heavy (non-hydrogen) atoms. The molecule has 0 unspecified atom stereocenters. The van der Waals surface area contributed by atoms with E-state index in [1.54, 1.807) is 0 Å². The Morgan fingerprint density at radius 3 is 2.36 bits per heavy atom. The van der Waals surface area contributed by atoms with Crippen LogP contribution in [0.1, 0.15) is 53.9 Å². The van der Waals surface area contributed by atoms with Gasteiger partial charge in [-0.25, -0.2) is 0 Å². The summed E-state index contributed by atoms with van der Waals surface area (Å²) in [6.45, 7) is 16.0. The lowest BCUT2D eigenvalue weighted by Crippen LogP contribution is -2.59. The van der Waals surface area contributed by atoms with Crippen molar-refractivity contribution in [2.24, 2.45) is 5.41 Å². The van der Waals surface area contributed by atoms with E-state index in [-0.39, 0.29) is 35.2 Å². The van der Waals surface area contributed by atoms with E-state index in [0.717, 1.165) is 32.7 Å². The van der Waals surface area contributed by atoms with Gasteiger partial charge in [0.2, 0.25) is 11.8 Å². The number of piperazine rings is 1. The molecular weight excluding hydrogens is 316 g/mol. The second-order valence-corrected chi connectivity index (χ2v) is 9.46. The molecule has 2 fully saturated rings. The van der Waals surface area contributed by atoms with Crippen LogP contribution in [0.15, 0.2) is 0 Å². The van der Waals surface area contributed by atoms with Crippen LogP contribution >= 0.6 is 0 Å². The highest BCUT2D eigenvalue weighted by molar-refractivity contribution is 5.89. The van der Waals surface area contributed by atoms with E-state index in [4.69, 9.17) is 0 Å². The molecule has 0 saturated carbocycles. The van der Waals surface area contributed by atoms with Gasteiger partial charge in [-0.1, -0.05) is 20.8 Å². The third-order valence-corrected chi connectivity index (χ3v) is 4.79. The number of carbonyl (C=O) groups excluding carboxylic acids is 2. The summed E-state index contributed by atoms with van der Waals surface area (Å²) in [5.74, 6) is -0.0619. The van der Waals surface area contributed by atoms with Crippen molar-refractivity contribution in [3.05, 3.63) is 0 Å². The number of hydrogen-bond donors (Lipinski definition) is 2. The molecule has 2 rings (SSSR count). The van der Waals surface area contributed by atoms with Crippen molar-refractivity contribution in [1.82, 2.24) is 20.4 Å². The summed E-state index contributed by atoms with van der Waals surface area (Å²) < 4.78 is 0. The van der Waals surface area contributed by atoms with Crippen LogP contribution in [0.25, 0.3) is 0 Å². The lowest BCUT2D eigenvalue weighted by Gasteiger charge is -2.39. The summed E-state index contributed by atoms with van der Waals surface area (Å²) in [4.78, 5) is 29.5. The summed E-state index contributed by atoms with van der Waals surface area (Å²) in [6.07, 6.45) is 2.72. The molecule has 0 radical (unpaired) electrons. The Hall–Kier alpha value is -1.14. The number of nitrogens with one attached hydrogen (secondary N) is 2. The van der Waals surface area contributed by atoms with E-state index in [2.05, 4.69) is 55.1 Å². The van der Waals surface area contributed by atoms with Crippen molar-refractivity contribution in [2.75, 3.05) is 39.3 Å². The summed E-state index contributed by atoms with van der Waals surface area (Å²) in [7, 11) is 0. The van der Waals surface area contributed by atoms with Gasteiger partial charge in [0, 0.05) is 31.7 Å². The molecule has 144 valence electrons. The third kappa shape index (κ3) is 6.59. The smallest absolute Gasteiger partial charge is 0.237 e. The summed E-state index contributed by atoms with van der Waals surface area (Å²) in [5, 5.41) is 6.05. The highest BCUT2D eigenvalue weighted by Gasteiger charge is 2.35. The molecule has 2 aliphatic heterocycles. The largest absolute Gasteiger partial charge is 0.353 e. The Balaban J connectivity index is 1.92. The molecule has 0 spiro atoms. The Labute approximate surface area is 152 Å². The van der Waals surface area contributed by atoms with Crippen LogP contribution in [-0.2, 0) is 9.59 Å². The Kier molecular flexibility index (Phi) is 6.49. The highest BCUT2D eigenvalue weighted by atomic mass is 16.2. The molecule has 2 amide bonds. The van der Waals surface area contributed by atoms with Crippen molar-refractivity contribution >= 4 is 11.8 Å². The predicted octanol–water partition coefficient (Wildman–Crippen LogP) is 1.21. The van der Waals surface area contributed by atoms with Crippen LogP contribution in [0, 0.1) is 5.41 Å². The van der Waals surface area contributed by atoms with Gasteiger partial charge in [0.05, 0.1) is 12.5 Å². The maximum atomic E-state index is 12.6. The van der Waals surface area contributed by atoms with Gasteiger partial charge in [-0.15, -0.1) is 0 Å². The standard InChI is InChI=1S/C19H36N4O2/c1-18(2,3)13-23-11-8-20-17(25)15(23)12-16(24)21-19(4,5)14-22-9-6-7-10-22/h15H,6-14H2,1-5H3,(H,20,25)(H,21,24)/t15-/m1/s1. The second kappa shape index (κ2) is 8.04. The average molecular weight is 353 g/mol. The first-order chi connectivity index (χ1) is 11.6. The Morgan fingerprint density at radius 2 is 1.76 bits per heavy atom. The van der Waals surface area contributed by atoms with Crippen LogP contribution < -0.4 is 10.6 Å². The molecule has 2 N–H and O–H groups in total. The van der Waals surface area contributed by atoms with Crippen molar-refractivity contribution < 1.29 is 9.59 Å². The summed E-state index contributed by atoms with van der Waals surface area (Å²) in [5.41, 5.74) is -0.178. The van der Waals surface area contributed by atoms with Gasteiger partial charge in [0.15, 0.2) is 0 Å². The molecule has 6 nitrogen and oxygen atoms in total. The molecule has 1 atom stereocenters. The molecule has 2 saturated heterocycles. The van der Waals surface area contributed by atoms with Gasteiger partial charge in [-0.05, 0) is 45.2 Å². The van der Waals surface area contributed by atoms with Crippen LogP contribution in [0.5, 0.6) is 0 Å². The van der Waals surface area contributed by atoms with E-state index >= 15 is 0 Å². The van der Waals surface area contributed by atoms with Crippen LogP contribution in [-0.4, -0.2) is 72.5 Å². The van der Waals surface area contributed by atoms with Gasteiger partial charge in [-0.2, -0.15) is 0 Å². The van der Waals surface area contributed by atoms with Crippen molar-refractivity contribution in [3.63, 3.8) is 0 Å². The van der Waals surface area contributed by atoms with Crippen molar-refractivity contribution in [3.8, 4) is 0 Å². The highest BCUT2D eigenvalue weighted by Crippen LogP contribution is 2.20. The monoisotopic (exact) mass is 352 g/mol. The number of amides is 2. The van der Waals surface area contributed by atoms with Gasteiger partial charge >= 0.3 is 0 Å². The molecule has 0 bridgehead atoms. The van der Waals surface area contributed by atoms with E-state index in [0.29, 0.717) is 6.54 Å². The van der Waals surface area contributed by atoms with Gasteiger partial charge in [-0.3, -0.25) is 14.5 Å². The Morgan fingerprint density at radius 1 is 1.12 bits per heavy atom.